The van der Waals surface area contributed by atoms with E-state index in [0.29, 0.717) is 17.7 Å². The molecular weight excluding hydrogens is 242 g/mol. The summed E-state index contributed by atoms with van der Waals surface area (Å²) in [6.07, 6.45) is 6.92. The number of carbonyl (C=O) groups is 1. The number of ether oxygens (including phenoxy) is 1. The number of amides is 1. The van der Waals surface area contributed by atoms with Gasteiger partial charge in [0.05, 0.1) is 0 Å². The van der Waals surface area contributed by atoms with Crippen molar-refractivity contribution in [3.8, 4) is 5.88 Å². The summed E-state index contributed by atoms with van der Waals surface area (Å²) in [5.74, 6) is 1.23. The lowest BCUT2D eigenvalue weighted by Gasteiger charge is -2.36. The van der Waals surface area contributed by atoms with Crippen molar-refractivity contribution in [1.82, 2.24) is 15.1 Å². The van der Waals surface area contributed by atoms with Crippen molar-refractivity contribution < 1.29 is 9.53 Å². The molecule has 102 valence electrons. The first kappa shape index (κ1) is 12.4. The number of aromatic nitrogens is 2. The van der Waals surface area contributed by atoms with Gasteiger partial charge in [-0.25, -0.2) is 0 Å². The molecule has 1 saturated carbocycles. The minimum atomic E-state index is 0.155. The maximum Gasteiger partial charge on any atom is 0.233 e. The Morgan fingerprint density at radius 3 is 2.63 bits per heavy atom. The number of hydrogen-bond donors (Lipinski definition) is 0. The van der Waals surface area contributed by atoms with Gasteiger partial charge in [0.25, 0.3) is 0 Å². The molecule has 5 nitrogen and oxygen atoms in total. The monoisotopic (exact) mass is 261 g/mol. The highest BCUT2D eigenvalue weighted by molar-refractivity contribution is 5.79. The molecule has 2 heterocycles. The molecule has 0 atom stereocenters. The van der Waals surface area contributed by atoms with E-state index in [9.17, 15) is 4.79 Å². The van der Waals surface area contributed by atoms with Crippen molar-refractivity contribution in [2.75, 3.05) is 13.1 Å². The molecule has 2 fully saturated rings. The summed E-state index contributed by atoms with van der Waals surface area (Å²) in [6.45, 7) is 1.61. The molecule has 5 heteroatoms. The molecule has 1 aromatic heterocycles. The van der Waals surface area contributed by atoms with Crippen LogP contribution in [0.4, 0.5) is 0 Å². The zero-order valence-electron chi connectivity index (χ0n) is 11.0. The van der Waals surface area contributed by atoms with Crippen LogP contribution in [-0.4, -0.2) is 40.2 Å². The first-order valence-corrected chi connectivity index (χ1v) is 7.06. The fraction of sp³-hybridized carbons (Fsp3) is 0.643. The van der Waals surface area contributed by atoms with Crippen LogP contribution in [0.15, 0.2) is 18.3 Å². The van der Waals surface area contributed by atoms with Crippen molar-refractivity contribution in [3.63, 3.8) is 0 Å². The molecular formula is C14H19N3O2. The highest BCUT2D eigenvalue weighted by Gasteiger charge is 2.32. The molecule has 0 aromatic carbocycles. The predicted molar refractivity (Wildman–Crippen MR) is 69.6 cm³/mol. The van der Waals surface area contributed by atoms with E-state index in [1.54, 1.807) is 6.20 Å². The molecule has 0 spiro atoms. The number of likely N-dealkylation sites (tertiary alicyclic amines) is 1. The van der Waals surface area contributed by atoms with Crippen molar-refractivity contribution >= 4 is 5.91 Å². The summed E-state index contributed by atoms with van der Waals surface area (Å²) >= 11 is 0. The Bertz CT molecular complexity index is 426. The van der Waals surface area contributed by atoms with Gasteiger partial charge < -0.3 is 9.64 Å². The normalized spacial score (nSPS) is 20.9. The third kappa shape index (κ3) is 2.85. The topological polar surface area (TPSA) is 55.3 Å². The van der Waals surface area contributed by atoms with Crippen LogP contribution in [0.5, 0.6) is 5.88 Å². The average Bonchev–Trinajstić information content (AvgIpc) is 2.39. The van der Waals surface area contributed by atoms with E-state index in [4.69, 9.17) is 4.74 Å². The van der Waals surface area contributed by atoms with Gasteiger partial charge in [-0.05, 0) is 18.9 Å². The number of carbonyl (C=O) groups excluding carboxylic acids is 1. The smallest absolute Gasteiger partial charge is 0.233 e. The lowest BCUT2D eigenvalue weighted by molar-refractivity contribution is -0.140. The van der Waals surface area contributed by atoms with E-state index in [-0.39, 0.29) is 6.10 Å². The molecule has 2 aliphatic rings. The average molecular weight is 261 g/mol. The summed E-state index contributed by atoms with van der Waals surface area (Å²) < 4.78 is 5.77. The molecule has 1 saturated heterocycles. The van der Waals surface area contributed by atoms with Gasteiger partial charge in [0, 0.05) is 44.1 Å². The Kier molecular flexibility index (Phi) is 3.62. The second-order valence-corrected chi connectivity index (χ2v) is 5.33. The SMILES string of the molecule is O=C(C1CCC1)N1CCC(Oc2cccnn2)CC1. The zero-order valence-corrected chi connectivity index (χ0v) is 11.0. The third-order valence-corrected chi connectivity index (χ3v) is 4.04. The third-order valence-electron chi connectivity index (χ3n) is 4.04. The maximum atomic E-state index is 12.1. The maximum absolute atomic E-state index is 12.1. The van der Waals surface area contributed by atoms with Crippen LogP contribution >= 0.6 is 0 Å². The molecule has 0 bridgehead atoms. The molecule has 0 radical (unpaired) electrons. The standard InChI is InChI=1S/C14H19N3O2/c18-14(11-3-1-4-11)17-9-6-12(7-10-17)19-13-5-2-8-15-16-13/h2,5,8,11-12H,1,3-4,6-7,9-10H2. The Balaban J connectivity index is 1.48. The van der Waals surface area contributed by atoms with E-state index in [2.05, 4.69) is 10.2 Å². The largest absolute Gasteiger partial charge is 0.473 e. The minimum Gasteiger partial charge on any atom is -0.473 e. The van der Waals surface area contributed by atoms with E-state index < -0.39 is 0 Å². The summed E-state index contributed by atoms with van der Waals surface area (Å²) in [5.41, 5.74) is 0. The van der Waals surface area contributed by atoms with E-state index >= 15 is 0 Å². The second kappa shape index (κ2) is 5.55. The summed E-state index contributed by atoms with van der Waals surface area (Å²) in [4.78, 5) is 14.1. The fourth-order valence-corrected chi connectivity index (χ4v) is 2.63. The van der Waals surface area contributed by atoms with Crippen LogP contribution in [0.2, 0.25) is 0 Å². The molecule has 1 amide bonds. The van der Waals surface area contributed by atoms with E-state index in [1.165, 1.54) is 6.42 Å². The molecule has 19 heavy (non-hydrogen) atoms. The molecule has 1 aliphatic carbocycles. The minimum absolute atomic E-state index is 0.155. The van der Waals surface area contributed by atoms with E-state index in [0.717, 1.165) is 38.8 Å². The lowest BCUT2D eigenvalue weighted by Crippen LogP contribution is -2.45. The van der Waals surface area contributed by atoms with Crippen molar-refractivity contribution in [3.05, 3.63) is 18.3 Å². The number of rotatable bonds is 3. The lowest BCUT2D eigenvalue weighted by atomic mass is 9.84. The van der Waals surface area contributed by atoms with Gasteiger partial charge in [0.2, 0.25) is 11.8 Å². The van der Waals surface area contributed by atoms with Gasteiger partial charge in [-0.1, -0.05) is 6.42 Å². The highest BCUT2D eigenvalue weighted by atomic mass is 16.5. The van der Waals surface area contributed by atoms with Crippen LogP contribution in [0.1, 0.15) is 32.1 Å². The summed E-state index contributed by atoms with van der Waals surface area (Å²) in [6, 6.07) is 3.64. The van der Waals surface area contributed by atoms with Gasteiger partial charge in [-0.2, -0.15) is 5.10 Å². The van der Waals surface area contributed by atoms with Crippen molar-refractivity contribution in [2.45, 2.75) is 38.2 Å². The van der Waals surface area contributed by atoms with Crippen LogP contribution in [0, 0.1) is 5.92 Å². The first-order valence-electron chi connectivity index (χ1n) is 7.06. The van der Waals surface area contributed by atoms with Gasteiger partial charge >= 0.3 is 0 Å². The van der Waals surface area contributed by atoms with Crippen molar-refractivity contribution in [1.29, 1.82) is 0 Å². The summed E-state index contributed by atoms with van der Waals surface area (Å²) in [5, 5.41) is 7.72. The molecule has 1 aliphatic heterocycles. The van der Waals surface area contributed by atoms with Crippen LogP contribution in [0.3, 0.4) is 0 Å². The van der Waals surface area contributed by atoms with E-state index in [1.807, 2.05) is 17.0 Å². The van der Waals surface area contributed by atoms with Gasteiger partial charge in [0.1, 0.15) is 6.10 Å². The van der Waals surface area contributed by atoms with Crippen LogP contribution in [-0.2, 0) is 4.79 Å². The van der Waals surface area contributed by atoms with Gasteiger partial charge in [-0.3, -0.25) is 4.79 Å². The first-order chi connectivity index (χ1) is 9.33. The molecule has 0 unspecified atom stereocenters. The quantitative estimate of drug-likeness (QED) is 0.830. The van der Waals surface area contributed by atoms with Gasteiger partial charge in [0.15, 0.2) is 0 Å². The highest BCUT2D eigenvalue weighted by Crippen LogP contribution is 2.29. The second-order valence-electron chi connectivity index (χ2n) is 5.33. The van der Waals surface area contributed by atoms with Crippen LogP contribution < -0.4 is 4.74 Å². The molecule has 0 N–H and O–H groups in total. The Labute approximate surface area is 113 Å². The molecule has 1 aromatic rings. The van der Waals surface area contributed by atoms with Crippen LogP contribution in [0.25, 0.3) is 0 Å². The number of nitrogens with zero attached hydrogens (tertiary/aromatic N) is 3. The zero-order chi connectivity index (χ0) is 13.1. The Morgan fingerprint density at radius 2 is 2.05 bits per heavy atom. The predicted octanol–water partition coefficient (Wildman–Crippen LogP) is 1.65. The molecule has 3 rings (SSSR count). The van der Waals surface area contributed by atoms with Gasteiger partial charge in [-0.15, -0.1) is 5.10 Å². The Morgan fingerprint density at radius 1 is 1.26 bits per heavy atom. The Hall–Kier alpha value is -1.65. The van der Waals surface area contributed by atoms with Crippen molar-refractivity contribution in [2.24, 2.45) is 5.92 Å². The number of hydrogen-bond acceptors (Lipinski definition) is 4. The number of piperidine rings is 1. The fourth-order valence-electron chi connectivity index (χ4n) is 2.63. The summed E-state index contributed by atoms with van der Waals surface area (Å²) in [7, 11) is 0.